The molecule has 0 unspecified atom stereocenters. The first-order valence-corrected chi connectivity index (χ1v) is 8.36. The van der Waals surface area contributed by atoms with Gasteiger partial charge in [0.25, 0.3) is 0 Å². The molecule has 2 fully saturated rings. The molecule has 5 heteroatoms. The van der Waals surface area contributed by atoms with Gasteiger partial charge in [-0.1, -0.05) is 34.7 Å². The van der Waals surface area contributed by atoms with Gasteiger partial charge in [0.05, 0.1) is 0 Å². The normalized spacial score (nSPS) is 22.8. The molecule has 96 valence electrons. The zero-order valence-electron chi connectivity index (χ0n) is 10.5. The topological polar surface area (TPSA) is 51.0 Å². The molecule has 1 aromatic rings. The van der Waals surface area contributed by atoms with E-state index in [0.29, 0.717) is 5.92 Å². The molecular weight excluding hydrogens is 329 g/mol. The lowest BCUT2D eigenvalue weighted by molar-refractivity contribution is 0.299. The third-order valence-corrected chi connectivity index (χ3v) is 3.62. The summed E-state index contributed by atoms with van der Waals surface area (Å²) in [5.41, 5.74) is 0.127. The second-order valence-corrected chi connectivity index (χ2v) is 5.04. The number of aromatic nitrogens is 2. The van der Waals surface area contributed by atoms with E-state index < -0.39 is 0 Å². The average Bonchev–Trinajstić information content (AvgIpc) is 3.10. The van der Waals surface area contributed by atoms with E-state index in [1.807, 2.05) is 4.93 Å². The van der Waals surface area contributed by atoms with Crippen molar-refractivity contribution in [2.45, 2.75) is 43.9 Å². The van der Waals surface area contributed by atoms with Crippen LogP contribution in [-0.2, 0) is 5.41 Å². The molecule has 1 aromatic heterocycles. The zero-order valence-corrected chi connectivity index (χ0v) is 12.7. The van der Waals surface area contributed by atoms with Gasteiger partial charge in [-0.25, -0.2) is 0 Å². The number of alkyl halides is 1. The Kier molecular flexibility index (Phi) is 4.41. The monoisotopic (exact) mass is 349 g/mol. The summed E-state index contributed by atoms with van der Waals surface area (Å²) in [5.74, 6) is 2.35. The number of hydrogen-bond acceptors (Lipinski definition) is 4. The van der Waals surface area contributed by atoms with Gasteiger partial charge in [0.2, 0.25) is 5.89 Å². The maximum absolute atomic E-state index is 5.33. The first-order chi connectivity index (χ1) is 8.28. The van der Waals surface area contributed by atoms with Crippen LogP contribution in [0.5, 0.6) is 0 Å². The smallest absolute Gasteiger partial charge is 0.229 e. The number of halogens is 1. The molecule has 0 amide bonds. The average molecular weight is 349 g/mol. The van der Waals surface area contributed by atoms with Crippen LogP contribution < -0.4 is 5.32 Å². The lowest BCUT2D eigenvalue weighted by Gasteiger charge is -2.30. The van der Waals surface area contributed by atoms with Crippen LogP contribution >= 0.6 is 22.6 Å². The van der Waals surface area contributed by atoms with E-state index in [1.165, 1.54) is 12.8 Å². The molecule has 0 radical (unpaired) electrons. The second kappa shape index (κ2) is 5.65. The number of piperidine rings is 1. The van der Waals surface area contributed by atoms with Gasteiger partial charge < -0.3 is 9.84 Å². The maximum atomic E-state index is 5.33. The van der Waals surface area contributed by atoms with E-state index in [4.69, 9.17) is 4.52 Å². The highest BCUT2D eigenvalue weighted by Crippen LogP contribution is 2.40. The van der Waals surface area contributed by atoms with Crippen LogP contribution in [0.1, 0.15) is 50.2 Å². The molecule has 2 heterocycles. The number of hydrogen-bond donors (Lipinski definition) is 1. The van der Waals surface area contributed by atoms with Crippen LogP contribution in [0.2, 0.25) is 0 Å². The second-order valence-electron chi connectivity index (χ2n) is 5.04. The predicted octanol–water partition coefficient (Wildman–Crippen LogP) is 2.64. The highest BCUT2D eigenvalue weighted by molar-refractivity contribution is 14.1. The summed E-state index contributed by atoms with van der Waals surface area (Å²) in [4.78, 5) is 6.53. The van der Waals surface area contributed by atoms with Gasteiger partial charge in [0.15, 0.2) is 5.82 Å². The minimum atomic E-state index is 0.127. The van der Waals surface area contributed by atoms with Gasteiger partial charge in [0, 0.05) is 11.3 Å². The first-order valence-electron chi connectivity index (χ1n) is 6.20. The van der Waals surface area contributed by atoms with Gasteiger partial charge in [-0.15, -0.1) is 0 Å². The Morgan fingerprint density at radius 3 is 2.53 bits per heavy atom. The van der Waals surface area contributed by atoms with Crippen LogP contribution in [0.25, 0.3) is 0 Å². The number of nitrogens with zero attached hydrogens (tertiary/aromatic N) is 2. The molecule has 0 aromatic carbocycles. The third kappa shape index (κ3) is 2.99. The van der Waals surface area contributed by atoms with Crippen molar-refractivity contribution < 1.29 is 4.52 Å². The number of rotatable bonds is 2. The lowest BCUT2D eigenvalue weighted by Crippen LogP contribution is -2.38. The van der Waals surface area contributed by atoms with Crippen LogP contribution in [0.4, 0.5) is 0 Å². The van der Waals surface area contributed by atoms with Crippen molar-refractivity contribution in [1.29, 1.82) is 0 Å². The molecule has 4 nitrogen and oxygen atoms in total. The Bertz CT molecular complexity index is 356. The number of nitrogens with one attached hydrogen (secondary N) is 1. The predicted molar refractivity (Wildman–Crippen MR) is 75.7 cm³/mol. The SMILES string of the molecule is CC1(c2noc(C3CC3)n2)CCNCC1.CI. The van der Waals surface area contributed by atoms with Gasteiger partial charge in [-0.3, -0.25) is 0 Å². The molecule has 1 saturated carbocycles. The van der Waals surface area contributed by atoms with Crippen molar-refractivity contribution in [3.05, 3.63) is 11.7 Å². The Morgan fingerprint density at radius 1 is 1.29 bits per heavy atom. The Labute approximate surface area is 116 Å². The maximum Gasteiger partial charge on any atom is 0.229 e. The van der Waals surface area contributed by atoms with Gasteiger partial charge in [-0.2, -0.15) is 4.98 Å². The van der Waals surface area contributed by atoms with E-state index in [1.54, 1.807) is 0 Å². The molecule has 0 atom stereocenters. The first kappa shape index (κ1) is 13.3. The van der Waals surface area contributed by atoms with E-state index >= 15 is 0 Å². The molecule has 1 saturated heterocycles. The van der Waals surface area contributed by atoms with Crippen LogP contribution in [0.15, 0.2) is 4.52 Å². The zero-order chi connectivity index (χ0) is 12.3. The fourth-order valence-corrected chi connectivity index (χ4v) is 2.18. The van der Waals surface area contributed by atoms with E-state index in [-0.39, 0.29) is 5.41 Å². The van der Waals surface area contributed by atoms with Gasteiger partial charge in [0.1, 0.15) is 0 Å². The molecule has 0 spiro atoms. The van der Waals surface area contributed by atoms with E-state index in [2.05, 4.69) is 45.0 Å². The fourth-order valence-electron chi connectivity index (χ4n) is 2.18. The van der Waals surface area contributed by atoms with Crippen molar-refractivity contribution in [2.75, 3.05) is 18.0 Å². The summed E-state index contributed by atoms with van der Waals surface area (Å²) in [6.07, 6.45) is 4.66. The van der Waals surface area contributed by atoms with Crippen molar-refractivity contribution in [3.8, 4) is 0 Å². The molecule has 0 bridgehead atoms. The highest BCUT2D eigenvalue weighted by atomic mass is 127. The molecule has 3 rings (SSSR count). The van der Waals surface area contributed by atoms with Crippen LogP contribution in [-0.4, -0.2) is 28.2 Å². The summed E-state index contributed by atoms with van der Waals surface area (Å²) in [5, 5.41) is 7.52. The summed E-state index contributed by atoms with van der Waals surface area (Å²) in [6, 6.07) is 0. The van der Waals surface area contributed by atoms with Crippen molar-refractivity contribution in [3.63, 3.8) is 0 Å². The molecule has 1 aliphatic carbocycles. The standard InChI is InChI=1S/C11H17N3O.CH3I/c1-11(4-6-12-7-5-11)10-13-9(15-14-10)8-2-3-8;1-2/h8,12H,2-7H2,1H3;1H3. The molecule has 2 aliphatic rings. The van der Waals surface area contributed by atoms with Crippen LogP contribution in [0, 0.1) is 0 Å². The quantitative estimate of drug-likeness (QED) is 0.659. The third-order valence-electron chi connectivity index (χ3n) is 3.62. The van der Waals surface area contributed by atoms with E-state index in [9.17, 15) is 0 Å². The van der Waals surface area contributed by atoms with Gasteiger partial charge in [-0.05, 0) is 43.7 Å². The summed E-state index contributed by atoms with van der Waals surface area (Å²) in [7, 11) is 0. The molecule has 1 N–H and O–H groups in total. The highest BCUT2D eigenvalue weighted by Gasteiger charge is 2.36. The Balaban J connectivity index is 0.000000514. The fraction of sp³-hybridized carbons (Fsp3) is 0.833. The molecule has 17 heavy (non-hydrogen) atoms. The Hall–Kier alpha value is -0.170. The lowest BCUT2D eigenvalue weighted by atomic mass is 9.80. The van der Waals surface area contributed by atoms with Crippen molar-refractivity contribution >= 4 is 22.6 Å². The van der Waals surface area contributed by atoms with Crippen molar-refractivity contribution in [2.24, 2.45) is 0 Å². The minimum Gasteiger partial charge on any atom is -0.339 e. The Morgan fingerprint density at radius 2 is 1.94 bits per heavy atom. The summed E-state index contributed by atoms with van der Waals surface area (Å²) in [6.45, 7) is 4.36. The summed E-state index contributed by atoms with van der Waals surface area (Å²) >= 11 is 2.15. The summed E-state index contributed by atoms with van der Waals surface area (Å²) < 4.78 is 5.33. The van der Waals surface area contributed by atoms with Crippen molar-refractivity contribution in [1.82, 2.24) is 15.5 Å². The van der Waals surface area contributed by atoms with Crippen LogP contribution in [0.3, 0.4) is 0 Å². The molecular formula is C12H20IN3O. The molecule has 1 aliphatic heterocycles. The van der Waals surface area contributed by atoms with E-state index in [0.717, 1.165) is 37.6 Å². The van der Waals surface area contributed by atoms with Gasteiger partial charge >= 0.3 is 0 Å². The minimum absolute atomic E-state index is 0.127. The largest absolute Gasteiger partial charge is 0.339 e.